The van der Waals surface area contributed by atoms with Crippen molar-refractivity contribution >= 4 is 11.3 Å². The van der Waals surface area contributed by atoms with Crippen LogP contribution in [0, 0.1) is 0 Å². The van der Waals surface area contributed by atoms with Crippen molar-refractivity contribution in [2.75, 3.05) is 0 Å². The summed E-state index contributed by atoms with van der Waals surface area (Å²) in [7, 11) is 0. The highest BCUT2D eigenvalue weighted by molar-refractivity contribution is 7.09. The molecule has 0 spiro atoms. The van der Waals surface area contributed by atoms with E-state index >= 15 is 0 Å². The second-order valence-electron chi connectivity index (χ2n) is 5.37. The molecule has 0 saturated carbocycles. The number of hydrogen-bond acceptors (Lipinski definition) is 4. The molecule has 2 aromatic rings. The summed E-state index contributed by atoms with van der Waals surface area (Å²) in [4.78, 5) is 8.73. The van der Waals surface area contributed by atoms with Gasteiger partial charge >= 0.3 is 0 Å². The van der Waals surface area contributed by atoms with Crippen molar-refractivity contribution in [1.82, 2.24) is 9.97 Å². The third kappa shape index (κ3) is 3.15. The predicted molar refractivity (Wildman–Crippen MR) is 73.7 cm³/mol. The number of aliphatic hydroxyl groups is 1. The molecule has 2 heterocycles. The Bertz CT molecular complexity index is 502. The molecule has 3 nitrogen and oxygen atoms in total. The van der Waals surface area contributed by atoms with Gasteiger partial charge in [-0.3, -0.25) is 4.98 Å². The zero-order valence-corrected chi connectivity index (χ0v) is 11.7. The van der Waals surface area contributed by atoms with Crippen LogP contribution < -0.4 is 0 Å². The quantitative estimate of drug-likeness (QED) is 0.924. The Morgan fingerprint density at radius 2 is 2.11 bits per heavy atom. The fraction of sp³-hybridized carbons (Fsp3) is 0.429. The van der Waals surface area contributed by atoms with E-state index in [1.807, 2.05) is 23.6 Å². The third-order valence-electron chi connectivity index (χ3n) is 2.63. The number of rotatable bonds is 3. The Morgan fingerprint density at radius 1 is 1.33 bits per heavy atom. The molecule has 0 amide bonds. The average molecular weight is 262 g/mol. The Morgan fingerprint density at radius 3 is 2.67 bits per heavy atom. The second-order valence-corrected chi connectivity index (χ2v) is 6.23. The molecule has 0 aliphatic heterocycles. The monoisotopic (exact) mass is 262 g/mol. The van der Waals surface area contributed by atoms with Gasteiger partial charge in [0, 0.05) is 29.1 Å². The highest BCUT2D eigenvalue weighted by Gasteiger charge is 2.20. The second kappa shape index (κ2) is 5.16. The summed E-state index contributed by atoms with van der Waals surface area (Å²) in [5.74, 6) is 0. The molecule has 0 aromatic carbocycles. The van der Waals surface area contributed by atoms with Gasteiger partial charge in [0.25, 0.3) is 0 Å². The Balaban J connectivity index is 2.10. The van der Waals surface area contributed by atoms with Crippen LogP contribution >= 0.6 is 11.3 Å². The van der Waals surface area contributed by atoms with Gasteiger partial charge in [0.1, 0.15) is 6.10 Å². The van der Waals surface area contributed by atoms with E-state index < -0.39 is 6.10 Å². The highest BCUT2D eigenvalue weighted by atomic mass is 32.1. The van der Waals surface area contributed by atoms with Crippen LogP contribution in [0.1, 0.15) is 43.3 Å². The molecule has 4 heteroatoms. The first-order valence-electron chi connectivity index (χ1n) is 6.00. The van der Waals surface area contributed by atoms with Gasteiger partial charge in [-0.15, -0.1) is 11.3 Å². The normalized spacial score (nSPS) is 13.6. The van der Waals surface area contributed by atoms with E-state index in [0.717, 1.165) is 16.4 Å². The molecule has 2 rings (SSSR count). The molecular formula is C14H18N2OS. The molecule has 18 heavy (non-hydrogen) atoms. The number of pyridine rings is 1. The predicted octanol–water partition coefficient (Wildman–Crippen LogP) is 3.11. The maximum Gasteiger partial charge on any atom is 0.102 e. The summed E-state index contributed by atoms with van der Waals surface area (Å²) < 4.78 is 0. The van der Waals surface area contributed by atoms with Crippen molar-refractivity contribution in [2.45, 2.75) is 38.7 Å². The SMILES string of the molecule is CC(C)(C)c1nc(C(O)Cc2ccccn2)cs1. The minimum absolute atomic E-state index is 0.0354. The molecule has 0 fully saturated rings. The molecule has 1 atom stereocenters. The topological polar surface area (TPSA) is 46.0 Å². The van der Waals surface area contributed by atoms with Gasteiger partial charge in [-0.2, -0.15) is 0 Å². The van der Waals surface area contributed by atoms with Gasteiger partial charge in [-0.05, 0) is 12.1 Å². The molecule has 0 bridgehead atoms. The maximum absolute atomic E-state index is 10.2. The summed E-state index contributed by atoms with van der Waals surface area (Å²) in [6, 6.07) is 5.72. The fourth-order valence-corrected chi connectivity index (χ4v) is 2.56. The van der Waals surface area contributed by atoms with Crippen molar-refractivity contribution in [2.24, 2.45) is 0 Å². The van der Waals surface area contributed by atoms with Crippen LogP contribution in [0.4, 0.5) is 0 Å². The smallest absolute Gasteiger partial charge is 0.102 e. The van der Waals surface area contributed by atoms with Crippen LogP contribution in [0.3, 0.4) is 0 Å². The van der Waals surface area contributed by atoms with Crippen molar-refractivity contribution in [1.29, 1.82) is 0 Å². The molecular weight excluding hydrogens is 244 g/mol. The number of aromatic nitrogens is 2. The van der Waals surface area contributed by atoms with Crippen LogP contribution in [-0.4, -0.2) is 15.1 Å². The van der Waals surface area contributed by atoms with Gasteiger partial charge < -0.3 is 5.11 Å². The van der Waals surface area contributed by atoms with Crippen molar-refractivity contribution in [3.8, 4) is 0 Å². The van der Waals surface area contributed by atoms with Gasteiger partial charge in [0.15, 0.2) is 0 Å². The number of aliphatic hydroxyl groups excluding tert-OH is 1. The van der Waals surface area contributed by atoms with E-state index in [1.54, 1.807) is 17.5 Å². The lowest BCUT2D eigenvalue weighted by Gasteiger charge is -2.14. The molecule has 0 aliphatic carbocycles. The van der Waals surface area contributed by atoms with E-state index in [0.29, 0.717) is 6.42 Å². The Labute approximate surface area is 112 Å². The summed E-state index contributed by atoms with van der Waals surface area (Å²) in [5.41, 5.74) is 1.67. The highest BCUT2D eigenvalue weighted by Crippen LogP contribution is 2.28. The molecule has 96 valence electrons. The standard InChI is InChI=1S/C14H18N2OS/c1-14(2,3)13-16-11(9-18-13)12(17)8-10-6-4-5-7-15-10/h4-7,9,12,17H,8H2,1-3H3. The average Bonchev–Trinajstić information content (AvgIpc) is 2.79. The maximum atomic E-state index is 10.2. The van der Waals surface area contributed by atoms with Crippen LogP contribution in [0.5, 0.6) is 0 Å². The van der Waals surface area contributed by atoms with E-state index in [1.165, 1.54) is 0 Å². The summed E-state index contributed by atoms with van der Waals surface area (Å²) in [6.07, 6.45) is 1.67. The third-order valence-corrected chi connectivity index (χ3v) is 3.92. The zero-order chi connectivity index (χ0) is 13.2. The minimum Gasteiger partial charge on any atom is -0.386 e. The summed E-state index contributed by atoms with van der Waals surface area (Å²) in [5, 5.41) is 13.1. The van der Waals surface area contributed by atoms with E-state index in [4.69, 9.17) is 0 Å². The van der Waals surface area contributed by atoms with E-state index in [-0.39, 0.29) is 5.41 Å². The molecule has 0 aliphatic rings. The summed E-state index contributed by atoms with van der Waals surface area (Å²) in [6.45, 7) is 6.38. The first-order chi connectivity index (χ1) is 8.47. The molecule has 1 N–H and O–H groups in total. The van der Waals surface area contributed by atoms with Crippen LogP contribution in [0.25, 0.3) is 0 Å². The summed E-state index contributed by atoms with van der Waals surface area (Å²) >= 11 is 1.60. The van der Waals surface area contributed by atoms with Gasteiger partial charge in [-0.1, -0.05) is 26.8 Å². The van der Waals surface area contributed by atoms with Crippen LogP contribution in [0.2, 0.25) is 0 Å². The Kier molecular flexibility index (Phi) is 3.78. The lowest BCUT2D eigenvalue weighted by Crippen LogP contribution is -2.11. The largest absolute Gasteiger partial charge is 0.386 e. The van der Waals surface area contributed by atoms with Gasteiger partial charge in [0.2, 0.25) is 0 Å². The lowest BCUT2D eigenvalue weighted by atomic mass is 9.98. The van der Waals surface area contributed by atoms with Crippen molar-refractivity contribution < 1.29 is 5.11 Å². The number of thiazole rings is 1. The number of hydrogen-bond donors (Lipinski definition) is 1. The Hall–Kier alpha value is -1.26. The van der Waals surface area contributed by atoms with Crippen LogP contribution in [-0.2, 0) is 11.8 Å². The van der Waals surface area contributed by atoms with Crippen molar-refractivity contribution in [3.05, 3.63) is 46.2 Å². The molecule has 1 unspecified atom stereocenters. The number of nitrogens with zero attached hydrogens (tertiary/aromatic N) is 2. The molecule has 2 aromatic heterocycles. The molecule has 0 radical (unpaired) electrons. The first kappa shape index (κ1) is 13.2. The van der Waals surface area contributed by atoms with Crippen molar-refractivity contribution in [3.63, 3.8) is 0 Å². The fourth-order valence-electron chi connectivity index (χ4n) is 1.61. The first-order valence-corrected chi connectivity index (χ1v) is 6.88. The van der Waals surface area contributed by atoms with Gasteiger partial charge in [-0.25, -0.2) is 4.98 Å². The molecule has 0 saturated heterocycles. The minimum atomic E-state index is -0.577. The van der Waals surface area contributed by atoms with E-state index in [9.17, 15) is 5.11 Å². The zero-order valence-electron chi connectivity index (χ0n) is 10.9. The van der Waals surface area contributed by atoms with Gasteiger partial charge in [0.05, 0.1) is 10.7 Å². The lowest BCUT2D eigenvalue weighted by molar-refractivity contribution is 0.172. The van der Waals surface area contributed by atoms with E-state index in [2.05, 4.69) is 30.7 Å². The van der Waals surface area contributed by atoms with Crippen LogP contribution in [0.15, 0.2) is 29.8 Å².